The predicted molar refractivity (Wildman–Crippen MR) is 233 cm³/mol. The van der Waals surface area contributed by atoms with Gasteiger partial charge < -0.3 is 14.2 Å². The molecular weight excluding hydrogens is 685 g/mol. The molecule has 0 aliphatic carbocycles. The van der Waals surface area contributed by atoms with Crippen LogP contribution in [0.5, 0.6) is 0 Å². The van der Waals surface area contributed by atoms with E-state index < -0.39 is 6.10 Å². The highest BCUT2D eigenvalue weighted by atomic mass is 16.6. The van der Waals surface area contributed by atoms with Crippen molar-refractivity contribution in [3.63, 3.8) is 0 Å². The fourth-order valence-corrected chi connectivity index (χ4v) is 6.51. The number of ether oxygens (including phenoxy) is 3. The standard InChI is InChI=1S/C49H88O6/c1-4-7-10-13-15-17-19-21-23-24-25-26-28-29-31-33-36-39-42-48(51)54-45-46(44-53-47(50)41-38-35-12-9-6-3)55-49(52)43-40-37-34-32-30-27-22-20-18-16-14-11-8-5-2/h14,16,20,22-24,46H,4-13,15,17-19,21,25-45H2,1-3H3/b16-14-,22-20-,24-23-. The Morgan fingerprint density at radius 2 is 0.673 bits per heavy atom. The third kappa shape index (κ3) is 42.6. The summed E-state index contributed by atoms with van der Waals surface area (Å²) >= 11 is 0. The first-order valence-electron chi connectivity index (χ1n) is 23.5. The third-order valence-electron chi connectivity index (χ3n) is 10.1. The Hall–Kier alpha value is -2.37. The minimum absolute atomic E-state index is 0.0795. The first kappa shape index (κ1) is 52.6. The van der Waals surface area contributed by atoms with E-state index in [1.165, 1.54) is 109 Å². The average Bonchev–Trinajstić information content (AvgIpc) is 3.18. The molecule has 0 aliphatic rings. The maximum atomic E-state index is 12.7. The summed E-state index contributed by atoms with van der Waals surface area (Å²) in [4.78, 5) is 37.5. The van der Waals surface area contributed by atoms with Crippen LogP contribution in [0.25, 0.3) is 0 Å². The number of carbonyl (C=O) groups excluding carboxylic acids is 3. The lowest BCUT2D eigenvalue weighted by atomic mass is 10.1. The molecule has 0 bridgehead atoms. The Labute approximate surface area is 340 Å². The van der Waals surface area contributed by atoms with E-state index in [0.717, 1.165) is 89.9 Å². The highest BCUT2D eigenvalue weighted by molar-refractivity contribution is 5.71. The SMILES string of the molecule is CCCC/C=C\C/C=C\CCCCCCCC(=O)OC(COC(=O)CCCCCCC)COC(=O)CCCCCCCCC/C=C\CCCCCCCCC. The van der Waals surface area contributed by atoms with E-state index in [2.05, 4.69) is 57.2 Å². The molecule has 0 fully saturated rings. The highest BCUT2D eigenvalue weighted by Crippen LogP contribution is 2.14. The molecule has 320 valence electrons. The number of carbonyl (C=O) groups is 3. The lowest BCUT2D eigenvalue weighted by Crippen LogP contribution is -2.30. The average molecular weight is 773 g/mol. The maximum Gasteiger partial charge on any atom is 0.306 e. The summed E-state index contributed by atoms with van der Waals surface area (Å²) in [7, 11) is 0. The number of hydrogen-bond acceptors (Lipinski definition) is 6. The van der Waals surface area contributed by atoms with Crippen LogP contribution in [0.15, 0.2) is 36.5 Å². The summed E-state index contributed by atoms with van der Waals surface area (Å²) < 4.78 is 16.6. The lowest BCUT2D eigenvalue weighted by Gasteiger charge is -2.18. The van der Waals surface area contributed by atoms with Crippen LogP contribution in [0.4, 0.5) is 0 Å². The summed E-state index contributed by atoms with van der Waals surface area (Å²) in [5.41, 5.74) is 0. The molecule has 0 aromatic carbocycles. The molecule has 0 heterocycles. The van der Waals surface area contributed by atoms with Crippen molar-refractivity contribution in [3.05, 3.63) is 36.5 Å². The molecule has 0 spiro atoms. The third-order valence-corrected chi connectivity index (χ3v) is 10.1. The smallest absolute Gasteiger partial charge is 0.306 e. The second kappa shape index (κ2) is 44.3. The lowest BCUT2D eigenvalue weighted by molar-refractivity contribution is -0.167. The van der Waals surface area contributed by atoms with E-state index in [9.17, 15) is 14.4 Å². The molecule has 1 atom stereocenters. The van der Waals surface area contributed by atoms with E-state index in [1.54, 1.807) is 0 Å². The van der Waals surface area contributed by atoms with Crippen molar-refractivity contribution < 1.29 is 28.6 Å². The monoisotopic (exact) mass is 773 g/mol. The molecule has 1 unspecified atom stereocenters. The summed E-state index contributed by atoms with van der Waals surface area (Å²) in [6, 6.07) is 0. The first-order chi connectivity index (χ1) is 27.0. The van der Waals surface area contributed by atoms with Crippen LogP contribution in [0.3, 0.4) is 0 Å². The van der Waals surface area contributed by atoms with Gasteiger partial charge in [0.25, 0.3) is 0 Å². The van der Waals surface area contributed by atoms with Crippen LogP contribution in [-0.2, 0) is 28.6 Å². The van der Waals surface area contributed by atoms with E-state index in [-0.39, 0.29) is 31.1 Å². The zero-order valence-electron chi connectivity index (χ0n) is 36.4. The predicted octanol–water partition coefficient (Wildman–Crippen LogP) is 15.0. The molecule has 55 heavy (non-hydrogen) atoms. The van der Waals surface area contributed by atoms with Crippen molar-refractivity contribution in [3.8, 4) is 0 Å². The Morgan fingerprint density at radius 1 is 0.364 bits per heavy atom. The second-order valence-corrected chi connectivity index (χ2v) is 15.7. The topological polar surface area (TPSA) is 78.9 Å². The van der Waals surface area contributed by atoms with Crippen molar-refractivity contribution >= 4 is 17.9 Å². The Morgan fingerprint density at radius 3 is 1.07 bits per heavy atom. The molecule has 0 aromatic rings. The van der Waals surface area contributed by atoms with Gasteiger partial charge in [0.2, 0.25) is 0 Å². The molecule has 0 N–H and O–H groups in total. The van der Waals surface area contributed by atoms with E-state index >= 15 is 0 Å². The number of esters is 3. The van der Waals surface area contributed by atoms with E-state index in [1.807, 2.05) is 0 Å². The van der Waals surface area contributed by atoms with Gasteiger partial charge in [0.1, 0.15) is 13.2 Å². The van der Waals surface area contributed by atoms with Gasteiger partial charge in [-0.2, -0.15) is 0 Å². The molecule has 0 rings (SSSR count). The first-order valence-corrected chi connectivity index (χ1v) is 23.5. The van der Waals surface area contributed by atoms with Crippen LogP contribution in [0.2, 0.25) is 0 Å². The fourth-order valence-electron chi connectivity index (χ4n) is 6.51. The summed E-state index contributed by atoms with van der Waals surface area (Å²) in [6.45, 7) is 6.50. The normalized spacial score (nSPS) is 12.3. The Balaban J connectivity index is 4.21. The van der Waals surface area contributed by atoms with E-state index in [4.69, 9.17) is 14.2 Å². The zero-order chi connectivity index (χ0) is 40.1. The molecule has 0 amide bonds. The molecule has 0 saturated heterocycles. The van der Waals surface area contributed by atoms with Crippen LogP contribution >= 0.6 is 0 Å². The van der Waals surface area contributed by atoms with Gasteiger partial charge in [0.05, 0.1) is 0 Å². The maximum absolute atomic E-state index is 12.7. The molecule has 0 aliphatic heterocycles. The largest absolute Gasteiger partial charge is 0.462 e. The Kier molecular flexibility index (Phi) is 42.4. The number of allylic oxidation sites excluding steroid dienone is 6. The molecular formula is C49H88O6. The minimum atomic E-state index is -0.774. The van der Waals surface area contributed by atoms with E-state index in [0.29, 0.717) is 19.3 Å². The summed E-state index contributed by atoms with van der Waals surface area (Å²) in [6.07, 6.45) is 50.1. The van der Waals surface area contributed by atoms with Gasteiger partial charge in [-0.3, -0.25) is 14.4 Å². The number of rotatable bonds is 42. The van der Waals surface area contributed by atoms with Gasteiger partial charge in [-0.1, -0.05) is 186 Å². The van der Waals surface area contributed by atoms with Crippen molar-refractivity contribution in [2.45, 2.75) is 245 Å². The number of unbranched alkanes of at least 4 members (excludes halogenated alkanes) is 25. The van der Waals surface area contributed by atoms with Gasteiger partial charge in [-0.15, -0.1) is 0 Å². The molecule has 0 aromatic heterocycles. The van der Waals surface area contributed by atoms with Crippen LogP contribution in [-0.4, -0.2) is 37.2 Å². The zero-order valence-corrected chi connectivity index (χ0v) is 36.4. The van der Waals surface area contributed by atoms with Crippen molar-refractivity contribution in [1.29, 1.82) is 0 Å². The van der Waals surface area contributed by atoms with Crippen LogP contribution in [0, 0.1) is 0 Å². The van der Waals surface area contributed by atoms with Gasteiger partial charge >= 0.3 is 17.9 Å². The highest BCUT2D eigenvalue weighted by Gasteiger charge is 2.19. The van der Waals surface area contributed by atoms with Gasteiger partial charge in [-0.05, 0) is 70.6 Å². The van der Waals surface area contributed by atoms with Crippen molar-refractivity contribution in [2.75, 3.05) is 13.2 Å². The second-order valence-electron chi connectivity index (χ2n) is 15.7. The molecule has 6 heteroatoms. The summed E-state index contributed by atoms with van der Waals surface area (Å²) in [5.74, 6) is -0.909. The van der Waals surface area contributed by atoms with Crippen LogP contribution < -0.4 is 0 Å². The minimum Gasteiger partial charge on any atom is -0.462 e. The summed E-state index contributed by atoms with van der Waals surface area (Å²) in [5, 5.41) is 0. The van der Waals surface area contributed by atoms with Gasteiger partial charge in [-0.25, -0.2) is 0 Å². The van der Waals surface area contributed by atoms with Crippen LogP contribution in [0.1, 0.15) is 239 Å². The molecule has 0 radical (unpaired) electrons. The quantitative estimate of drug-likeness (QED) is 0.0266. The van der Waals surface area contributed by atoms with Crippen molar-refractivity contribution in [1.82, 2.24) is 0 Å². The van der Waals surface area contributed by atoms with Gasteiger partial charge in [0.15, 0.2) is 6.10 Å². The fraction of sp³-hybridized carbons (Fsp3) is 0.816. The molecule has 0 saturated carbocycles. The van der Waals surface area contributed by atoms with Gasteiger partial charge in [0, 0.05) is 19.3 Å². The Bertz CT molecular complexity index is 938. The van der Waals surface area contributed by atoms with Crippen molar-refractivity contribution in [2.24, 2.45) is 0 Å². The molecule has 6 nitrogen and oxygen atoms in total. The number of hydrogen-bond donors (Lipinski definition) is 0.